The van der Waals surface area contributed by atoms with Crippen LogP contribution in [0.25, 0.3) is 0 Å². The summed E-state index contributed by atoms with van der Waals surface area (Å²) in [6.07, 6.45) is 69.2. The van der Waals surface area contributed by atoms with Crippen molar-refractivity contribution in [2.45, 2.75) is 136 Å². The highest BCUT2D eigenvalue weighted by atomic mass is 16.6. The molecule has 0 fully saturated rings. The van der Waals surface area contributed by atoms with E-state index in [4.69, 9.17) is 14.2 Å². The molecule has 1 atom stereocenters. The van der Waals surface area contributed by atoms with Crippen LogP contribution in [0.5, 0.6) is 0 Å². The van der Waals surface area contributed by atoms with Gasteiger partial charge < -0.3 is 14.2 Å². The number of ether oxygens (including phenoxy) is 3. The van der Waals surface area contributed by atoms with E-state index in [0.717, 1.165) is 64.2 Å². The fraction of sp³-hybridized carbons (Fsp3) is 0.426. The van der Waals surface area contributed by atoms with E-state index in [9.17, 15) is 14.4 Å². The molecule has 60 heavy (non-hydrogen) atoms. The van der Waals surface area contributed by atoms with Gasteiger partial charge in [-0.2, -0.15) is 0 Å². The minimum Gasteiger partial charge on any atom is -0.462 e. The normalized spacial score (nSPS) is 13.7. The largest absolute Gasteiger partial charge is 0.462 e. The van der Waals surface area contributed by atoms with Crippen LogP contribution in [0.2, 0.25) is 0 Å². The van der Waals surface area contributed by atoms with E-state index < -0.39 is 12.1 Å². The third kappa shape index (κ3) is 43.9. The average molecular weight is 821 g/mol. The Hall–Kier alpha value is -5.23. The van der Waals surface area contributed by atoms with Crippen molar-refractivity contribution in [2.75, 3.05) is 13.2 Å². The SMILES string of the molecule is CC\C=C/C=C\C=C/C=C\C=C/CCCC(=O)OCC(COC(=O)CCCCC/C=C\C/C=C\C/C=C\C/C=C\CC)OC(=O)CCC\C=C/C=C\C=C/C=C\C=C/CC. The van der Waals surface area contributed by atoms with Gasteiger partial charge in [-0.15, -0.1) is 0 Å². The molecule has 0 aromatic heterocycles. The summed E-state index contributed by atoms with van der Waals surface area (Å²) in [5, 5.41) is 0. The number of hydrogen-bond donors (Lipinski definition) is 0. The van der Waals surface area contributed by atoms with Gasteiger partial charge in [0.05, 0.1) is 0 Å². The van der Waals surface area contributed by atoms with E-state index in [1.54, 1.807) is 0 Å². The number of carbonyl (C=O) groups is 3. The maximum absolute atomic E-state index is 12.7. The third-order valence-electron chi connectivity index (χ3n) is 8.20. The summed E-state index contributed by atoms with van der Waals surface area (Å²) in [6, 6.07) is 0. The van der Waals surface area contributed by atoms with Crippen molar-refractivity contribution in [3.05, 3.63) is 170 Å². The first-order valence-corrected chi connectivity index (χ1v) is 22.3. The molecule has 0 saturated heterocycles. The van der Waals surface area contributed by atoms with Gasteiger partial charge in [-0.1, -0.05) is 197 Å². The number of unbranched alkanes of at least 4 members (excludes halogenated alkanes) is 5. The van der Waals surface area contributed by atoms with Crippen LogP contribution in [0, 0.1) is 0 Å². The summed E-state index contributed by atoms with van der Waals surface area (Å²) in [4.78, 5) is 37.7. The van der Waals surface area contributed by atoms with Crippen LogP contribution >= 0.6 is 0 Å². The van der Waals surface area contributed by atoms with Gasteiger partial charge >= 0.3 is 17.9 Å². The van der Waals surface area contributed by atoms with Gasteiger partial charge in [-0.25, -0.2) is 0 Å². The molecule has 0 aliphatic carbocycles. The zero-order valence-electron chi connectivity index (χ0n) is 37.1. The number of esters is 3. The Kier molecular flexibility index (Phi) is 42.4. The zero-order chi connectivity index (χ0) is 43.7. The highest BCUT2D eigenvalue weighted by Gasteiger charge is 2.19. The number of rotatable bonds is 36. The fourth-order valence-electron chi connectivity index (χ4n) is 4.96. The summed E-state index contributed by atoms with van der Waals surface area (Å²) in [7, 11) is 0. The molecule has 0 aliphatic rings. The predicted molar refractivity (Wildman–Crippen MR) is 255 cm³/mol. The van der Waals surface area contributed by atoms with Crippen molar-refractivity contribution in [1.82, 2.24) is 0 Å². The smallest absolute Gasteiger partial charge is 0.306 e. The van der Waals surface area contributed by atoms with E-state index in [0.29, 0.717) is 25.7 Å². The summed E-state index contributed by atoms with van der Waals surface area (Å²) in [5.41, 5.74) is 0. The maximum atomic E-state index is 12.7. The van der Waals surface area contributed by atoms with Crippen molar-refractivity contribution in [3.63, 3.8) is 0 Å². The summed E-state index contributed by atoms with van der Waals surface area (Å²) < 4.78 is 16.5. The van der Waals surface area contributed by atoms with Crippen molar-refractivity contribution >= 4 is 17.9 Å². The second kappa shape index (κ2) is 46.5. The fourth-order valence-corrected chi connectivity index (χ4v) is 4.96. The van der Waals surface area contributed by atoms with Crippen molar-refractivity contribution in [3.8, 4) is 0 Å². The van der Waals surface area contributed by atoms with Crippen molar-refractivity contribution in [2.24, 2.45) is 0 Å². The molecule has 6 nitrogen and oxygen atoms in total. The first-order valence-electron chi connectivity index (χ1n) is 22.3. The Balaban J connectivity index is 4.71. The van der Waals surface area contributed by atoms with Gasteiger partial charge in [0, 0.05) is 19.3 Å². The second-order valence-electron chi connectivity index (χ2n) is 13.7. The molecule has 1 unspecified atom stereocenters. The standard InChI is InChI=1S/C54H76O6/c1-4-7-10-13-16-19-22-25-26-27-30-32-35-38-41-44-47-53(56)59-50-51(60-54(57)48-45-42-39-36-33-29-24-21-18-15-12-9-6-3)49-58-52(55)46-43-40-37-34-31-28-23-20-17-14-11-8-5-2/h7-12,14-21,23-26,28-34,36-37,39,51H,4-6,13,22,27,35,38,40-50H2,1-3H3/b10-7-,11-8-,12-9-,17-14-,18-15-,19-16-,23-20-,24-21-,26-25-,31-28-,32-30-,33-29-,37-34-,39-36-. The average Bonchev–Trinajstić information content (AvgIpc) is 3.24. The van der Waals surface area contributed by atoms with E-state index in [1.165, 1.54) is 0 Å². The van der Waals surface area contributed by atoms with Gasteiger partial charge in [0.1, 0.15) is 13.2 Å². The molecule has 328 valence electrons. The van der Waals surface area contributed by atoms with Gasteiger partial charge in [0.15, 0.2) is 6.10 Å². The van der Waals surface area contributed by atoms with Gasteiger partial charge in [0.25, 0.3) is 0 Å². The monoisotopic (exact) mass is 821 g/mol. The predicted octanol–water partition coefficient (Wildman–Crippen LogP) is 14.5. The molecule has 0 spiro atoms. The van der Waals surface area contributed by atoms with E-state index in [2.05, 4.69) is 81.5 Å². The molecule has 0 heterocycles. The lowest BCUT2D eigenvalue weighted by molar-refractivity contribution is -0.167. The molecule has 0 aromatic rings. The lowest BCUT2D eigenvalue weighted by atomic mass is 10.1. The summed E-state index contributed by atoms with van der Waals surface area (Å²) in [6.45, 7) is 6.02. The van der Waals surface area contributed by atoms with Crippen LogP contribution in [-0.2, 0) is 28.6 Å². The summed E-state index contributed by atoms with van der Waals surface area (Å²) >= 11 is 0. The molecule has 0 rings (SSSR count). The van der Waals surface area contributed by atoms with Crippen LogP contribution in [0.15, 0.2) is 170 Å². The molecule has 0 bridgehead atoms. The third-order valence-corrected chi connectivity index (χ3v) is 8.20. The quantitative estimate of drug-likeness (QED) is 0.0206. The Morgan fingerprint density at radius 3 is 1.15 bits per heavy atom. The van der Waals surface area contributed by atoms with Gasteiger partial charge in [-0.05, 0) is 83.5 Å². The van der Waals surface area contributed by atoms with Crippen molar-refractivity contribution in [1.29, 1.82) is 0 Å². The minimum atomic E-state index is -0.865. The molecule has 0 N–H and O–H groups in total. The van der Waals surface area contributed by atoms with Crippen LogP contribution in [0.3, 0.4) is 0 Å². The van der Waals surface area contributed by atoms with Gasteiger partial charge in [-0.3, -0.25) is 14.4 Å². The Labute approximate surface area is 364 Å². The van der Waals surface area contributed by atoms with Crippen LogP contribution in [-0.4, -0.2) is 37.2 Å². The first-order chi connectivity index (χ1) is 29.5. The number of allylic oxidation sites excluding steroid dienone is 28. The van der Waals surface area contributed by atoms with Crippen molar-refractivity contribution < 1.29 is 28.6 Å². The first kappa shape index (κ1) is 54.8. The van der Waals surface area contributed by atoms with Crippen LogP contribution in [0.4, 0.5) is 0 Å². The Morgan fingerprint density at radius 1 is 0.350 bits per heavy atom. The lowest BCUT2D eigenvalue weighted by Crippen LogP contribution is -2.30. The molecule has 0 aliphatic heterocycles. The van der Waals surface area contributed by atoms with Crippen LogP contribution < -0.4 is 0 Å². The Morgan fingerprint density at radius 2 is 0.700 bits per heavy atom. The maximum Gasteiger partial charge on any atom is 0.306 e. The van der Waals surface area contributed by atoms with E-state index in [1.807, 2.05) is 109 Å². The Bertz CT molecular complexity index is 1500. The molecular weight excluding hydrogens is 745 g/mol. The number of carbonyl (C=O) groups excluding carboxylic acids is 3. The molecule has 0 amide bonds. The molecular formula is C54H76O6. The minimum absolute atomic E-state index is 0.156. The molecule has 0 radical (unpaired) electrons. The van der Waals surface area contributed by atoms with E-state index in [-0.39, 0.29) is 44.4 Å². The molecule has 0 aromatic carbocycles. The number of hydrogen-bond acceptors (Lipinski definition) is 6. The molecule has 0 saturated carbocycles. The van der Waals surface area contributed by atoms with Crippen LogP contribution in [0.1, 0.15) is 130 Å². The second-order valence-corrected chi connectivity index (χ2v) is 13.7. The zero-order valence-corrected chi connectivity index (χ0v) is 37.1. The highest BCUT2D eigenvalue weighted by molar-refractivity contribution is 5.71. The lowest BCUT2D eigenvalue weighted by Gasteiger charge is -2.18. The highest BCUT2D eigenvalue weighted by Crippen LogP contribution is 2.09. The summed E-state index contributed by atoms with van der Waals surface area (Å²) in [5.74, 6) is -1.16. The van der Waals surface area contributed by atoms with Gasteiger partial charge in [0.2, 0.25) is 0 Å². The molecule has 6 heteroatoms. The van der Waals surface area contributed by atoms with E-state index >= 15 is 0 Å². The topological polar surface area (TPSA) is 78.9 Å².